The predicted molar refractivity (Wildman–Crippen MR) is 78.9 cm³/mol. The minimum absolute atomic E-state index is 0.376. The van der Waals surface area contributed by atoms with Crippen LogP contribution in [0.5, 0.6) is 0 Å². The Bertz CT molecular complexity index is 427. The predicted octanol–water partition coefficient (Wildman–Crippen LogP) is 4.18. The summed E-state index contributed by atoms with van der Waals surface area (Å²) in [6.07, 6.45) is 7.38. The van der Waals surface area contributed by atoms with Crippen LogP contribution in [0.1, 0.15) is 56.3 Å². The summed E-state index contributed by atoms with van der Waals surface area (Å²) in [6.45, 7) is 7.64. The summed E-state index contributed by atoms with van der Waals surface area (Å²) in [7, 11) is 0. The second-order valence-corrected chi connectivity index (χ2v) is 5.56. The smallest absolute Gasteiger partial charge is 0.0508 e. The van der Waals surface area contributed by atoms with Crippen LogP contribution in [0, 0.1) is 0 Å². The van der Waals surface area contributed by atoms with Gasteiger partial charge in [-0.25, -0.2) is 0 Å². The highest BCUT2D eigenvalue weighted by Gasteiger charge is 2.14. The molecule has 0 heterocycles. The molecule has 1 atom stereocenters. The molecule has 0 bridgehead atoms. The topological polar surface area (TPSA) is 12.0 Å². The van der Waals surface area contributed by atoms with E-state index >= 15 is 0 Å². The first-order chi connectivity index (χ1) is 8.70. The quantitative estimate of drug-likeness (QED) is 0.765. The van der Waals surface area contributed by atoms with Crippen LogP contribution in [0.25, 0.3) is 0 Å². The van der Waals surface area contributed by atoms with Crippen LogP contribution < -0.4 is 5.32 Å². The Morgan fingerprint density at radius 2 is 2.06 bits per heavy atom. The average molecular weight is 243 g/mol. The number of nitrogens with one attached hydrogen (secondary N) is 1. The van der Waals surface area contributed by atoms with Crippen LogP contribution in [0.4, 0.5) is 0 Å². The van der Waals surface area contributed by atoms with Crippen LogP contribution in [0.15, 0.2) is 29.8 Å². The number of fused-ring (bicyclic) bond motifs is 1. The van der Waals surface area contributed by atoms with Gasteiger partial charge >= 0.3 is 0 Å². The molecule has 0 aliphatic heterocycles. The zero-order chi connectivity index (χ0) is 13.0. The van der Waals surface area contributed by atoms with Gasteiger partial charge in [-0.05, 0) is 62.8 Å². The van der Waals surface area contributed by atoms with E-state index in [-0.39, 0.29) is 0 Å². The second-order valence-electron chi connectivity index (χ2n) is 5.56. The van der Waals surface area contributed by atoms with Crippen molar-refractivity contribution in [3.63, 3.8) is 0 Å². The minimum Gasteiger partial charge on any atom is -0.307 e. The summed E-state index contributed by atoms with van der Waals surface area (Å²) in [5, 5.41) is 3.63. The number of hydrogen-bond donors (Lipinski definition) is 1. The fourth-order valence-corrected chi connectivity index (χ4v) is 2.69. The molecule has 0 saturated carbocycles. The Balaban J connectivity index is 2.21. The first-order valence-corrected chi connectivity index (χ1v) is 7.21. The lowest BCUT2D eigenvalue weighted by atomic mass is 9.99. The monoisotopic (exact) mass is 243 g/mol. The first kappa shape index (κ1) is 13.4. The van der Waals surface area contributed by atoms with Crippen LogP contribution >= 0.6 is 0 Å². The van der Waals surface area contributed by atoms with Crippen LogP contribution in [-0.2, 0) is 12.8 Å². The van der Waals surface area contributed by atoms with Crippen molar-refractivity contribution in [3.8, 4) is 0 Å². The maximum absolute atomic E-state index is 3.63. The maximum Gasteiger partial charge on any atom is 0.0508 e. The molecule has 1 N–H and O–H groups in total. The van der Waals surface area contributed by atoms with Gasteiger partial charge in [-0.2, -0.15) is 0 Å². The molecule has 1 aliphatic carbocycles. The number of allylic oxidation sites excluding steroid dienone is 1. The summed E-state index contributed by atoms with van der Waals surface area (Å²) in [6, 6.07) is 7.42. The standard InChI is InChI=1S/C17H25N/c1-4-10-18-17(11-13(2)3)16-9-8-14-6-5-7-15(14)12-16/h8-9,11-12,17-18H,4-7,10H2,1-3H3. The Hall–Kier alpha value is -1.08. The van der Waals surface area contributed by atoms with Gasteiger partial charge in [-0.1, -0.05) is 36.8 Å². The Morgan fingerprint density at radius 3 is 2.78 bits per heavy atom. The van der Waals surface area contributed by atoms with Crippen molar-refractivity contribution in [2.45, 2.75) is 52.5 Å². The summed E-state index contributed by atoms with van der Waals surface area (Å²) in [5.41, 5.74) is 5.93. The van der Waals surface area contributed by atoms with E-state index in [0.717, 1.165) is 6.54 Å². The highest BCUT2D eigenvalue weighted by atomic mass is 14.9. The molecule has 0 aromatic heterocycles. The third kappa shape index (κ3) is 3.23. The molecule has 0 spiro atoms. The Morgan fingerprint density at radius 1 is 1.28 bits per heavy atom. The molecule has 1 unspecified atom stereocenters. The molecule has 0 amide bonds. The van der Waals surface area contributed by atoms with Crippen LogP contribution in [0.2, 0.25) is 0 Å². The van der Waals surface area contributed by atoms with Gasteiger partial charge in [0.15, 0.2) is 0 Å². The zero-order valence-electron chi connectivity index (χ0n) is 11.9. The van der Waals surface area contributed by atoms with Gasteiger partial charge in [0.05, 0.1) is 6.04 Å². The van der Waals surface area contributed by atoms with Gasteiger partial charge in [0, 0.05) is 0 Å². The number of aryl methyl sites for hydroxylation is 2. The third-order valence-corrected chi connectivity index (χ3v) is 3.60. The number of benzene rings is 1. The lowest BCUT2D eigenvalue weighted by Crippen LogP contribution is -2.20. The molecular weight excluding hydrogens is 218 g/mol. The van der Waals surface area contributed by atoms with E-state index in [1.54, 1.807) is 11.1 Å². The van der Waals surface area contributed by atoms with Crippen molar-refractivity contribution in [1.82, 2.24) is 5.32 Å². The van der Waals surface area contributed by atoms with Crippen molar-refractivity contribution in [3.05, 3.63) is 46.5 Å². The van der Waals surface area contributed by atoms with E-state index in [2.05, 4.69) is 50.4 Å². The molecule has 1 heteroatoms. The van der Waals surface area contributed by atoms with Crippen molar-refractivity contribution < 1.29 is 0 Å². The molecule has 1 nitrogen and oxygen atoms in total. The summed E-state index contributed by atoms with van der Waals surface area (Å²) >= 11 is 0. The summed E-state index contributed by atoms with van der Waals surface area (Å²) in [5.74, 6) is 0. The molecule has 0 saturated heterocycles. The molecule has 1 aromatic rings. The van der Waals surface area contributed by atoms with Crippen molar-refractivity contribution in [2.75, 3.05) is 6.54 Å². The molecular formula is C17H25N. The first-order valence-electron chi connectivity index (χ1n) is 7.21. The normalized spacial score (nSPS) is 15.3. The average Bonchev–Trinajstić information content (AvgIpc) is 2.81. The molecule has 98 valence electrons. The van der Waals surface area contributed by atoms with Crippen molar-refractivity contribution in [2.24, 2.45) is 0 Å². The summed E-state index contributed by atoms with van der Waals surface area (Å²) < 4.78 is 0. The largest absolute Gasteiger partial charge is 0.307 e. The fourth-order valence-electron chi connectivity index (χ4n) is 2.69. The zero-order valence-corrected chi connectivity index (χ0v) is 11.9. The number of hydrogen-bond acceptors (Lipinski definition) is 1. The lowest BCUT2D eigenvalue weighted by molar-refractivity contribution is 0.609. The van der Waals surface area contributed by atoms with Gasteiger partial charge in [0.1, 0.15) is 0 Å². The molecule has 0 fully saturated rings. The molecule has 0 radical (unpaired) electrons. The number of rotatable bonds is 5. The van der Waals surface area contributed by atoms with E-state index in [4.69, 9.17) is 0 Å². The highest BCUT2D eigenvalue weighted by Crippen LogP contribution is 2.26. The van der Waals surface area contributed by atoms with Crippen molar-refractivity contribution in [1.29, 1.82) is 0 Å². The third-order valence-electron chi connectivity index (χ3n) is 3.60. The summed E-state index contributed by atoms with van der Waals surface area (Å²) in [4.78, 5) is 0. The SMILES string of the molecule is CCCNC(C=C(C)C)c1ccc2c(c1)CCC2. The fraction of sp³-hybridized carbons (Fsp3) is 0.529. The van der Waals surface area contributed by atoms with Gasteiger partial charge < -0.3 is 5.32 Å². The molecule has 1 aromatic carbocycles. The van der Waals surface area contributed by atoms with Crippen molar-refractivity contribution >= 4 is 0 Å². The van der Waals surface area contributed by atoms with Gasteiger partial charge in [0.2, 0.25) is 0 Å². The van der Waals surface area contributed by atoms with Gasteiger partial charge in [-0.3, -0.25) is 0 Å². The van der Waals surface area contributed by atoms with Gasteiger partial charge in [-0.15, -0.1) is 0 Å². The van der Waals surface area contributed by atoms with E-state index in [1.807, 2.05) is 0 Å². The van der Waals surface area contributed by atoms with E-state index in [0.29, 0.717) is 6.04 Å². The van der Waals surface area contributed by atoms with Gasteiger partial charge in [0.25, 0.3) is 0 Å². The lowest BCUT2D eigenvalue weighted by Gasteiger charge is -2.17. The maximum atomic E-state index is 3.63. The second kappa shape index (κ2) is 6.19. The highest BCUT2D eigenvalue weighted by molar-refractivity contribution is 5.38. The molecule has 2 rings (SSSR count). The van der Waals surface area contributed by atoms with Crippen LogP contribution in [0.3, 0.4) is 0 Å². The minimum atomic E-state index is 0.376. The molecule has 1 aliphatic rings. The van der Waals surface area contributed by atoms with Crippen LogP contribution in [-0.4, -0.2) is 6.54 Å². The van der Waals surface area contributed by atoms with E-state index in [1.165, 1.54) is 36.8 Å². The van der Waals surface area contributed by atoms with E-state index in [9.17, 15) is 0 Å². The van der Waals surface area contributed by atoms with E-state index < -0.39 is 0 Å². The Labute approximate surface area is 111 Å². The Kier molecular flexibility index (Phi) is 4.60. The molecule has 18 heavy (non-hydrogen) atoms.